The first kappa shape index (κ1) is 31.1. The fraction of sp³-hybridized carbons (Fsp3) is 0.176. The Morgan fingerprint density at radius 1 is 1.00 bits per heavy atom. The molecular formula is C34H32F3N5O3. The van der Waals surface area contributed by atoms with Gasteiger partial charge in [-0.05, 0) is 81.7 Å². The zero-order chi connectivity index (χ0) is 32.1. The number of alkyl halides is 3. The van der Waals surface area contributed by atoms with Gasteiger partial charge in [-0.2, -0.15) is 13.2 Å². The highest BCUT2D eigenvalue weighted by molar-refractivity contribution is 6.34. The molecule has 45 heavy (non-hydrogen) atoms. The Labute approximate surface area is 258 Å². The zero-order valence-corrected chi connectivity index (χ0v) is 24.7. The third-order valence-electron chi connectivity index (χ3n) is 7.03. The van der Waals surface area contributed by atoms with Gasteiger partial charge in [-0.15, -0.1) is 0 Å². The predicted molar refractivity (Wildman–Crippen MR) is 170 cm³/mol. The third-order valence-corrected chi connectivity index (χ3v) is 7.03. The van der Waals surface area contributed by atoms with Crippen LogP contribution in [0.5, 0.6) is 11.5 Å². The van der Waals surface area contributed by atoms with Gasteiger partial charge in [-0.1, -0.05) is 18.7 Å². The molecule has 232 valence electrons. The number of nitrogens with zero attached hydrogens (tertiary/aromatic N) is 1. The van der Waals surface area contributed by atoms with Gasteiger partial charge in [0.2, 0.25) is 0 Å². The lowest BCUT2D eigenvalue weighted by Gasteiger charge is -2.11. The summed E-state index contributed by atoms with van der Waals surface area (Å²) in [5, 5.41) is 8.79. The molecule has 8 nitrogen and oxygen atoms in total. The minimum absolute atomic E-state index is 0.123. The number of halogens is 3. The minimum Gasteiger partial charge on any atom is -0.457 e. The summed E-state index contributed by atoms with van der Waals surface area (Å²) in [6, 6.07) is 17.8. The van der Waals surface area contributed by atoms with Gasteiger partial charge in [-0.3, -0.25) is 9.59 Å². The lowest BCUT2D eigenvalue weighted by atomic mass is 10.1. The summed E-state index contributed by atoms with van der Waals surface area (Å²) >= 11 is 0. The number of aromatic nitrogens is 1. The fourth-order valence-electron chi connectivity index (χ4n) is 4.76. The second-order valence-corrected chi connectivity index (χ2v) is 10.8. The standard InChI is InChI=1S/C34H32F3N5O3/c1-21(38-13-6-14-42(2)3)23-16-26(39-20-23)18-30-29-12-11-28(19-31(29)41-33(30)44)45-27-10-5-9-25(17-27)40-32(43)22-7-4-8-24(15-22)34(35,36)37/h4-5,7-12,15-20,38-39H,1,6,13-14H2,2-3H3,(H,40,43)(H,41,44)/b30-18-. The predicted octanol–water partition coefficient (Wildman–Crippen LogP) is 7.08. The van der Waals surface area contributed by atoms with Crippen molar-refractivity contribution in [2.75, 3.05) is 37.8 Å². The molecule has 0 spiro atoms. The maximum absolute atomic E-state index is 13.0. The molecule has 2 heterocycles. The number of carbonyl (C=O) groups is 2. The summed E-state index contributed by atoms with van der Waals surface area (Å²) in [4.78, 5) is 30.8. The third kappa shape index (κ3) is 7.81. The quantitative estimate of drug-likeness (QED) is 0.107. The largest absolute Gasteiger partial charge is 0.457 e. The molecule has 1 aliphatic heterocycles. The molecule has 4 aromatic rings. The van der Waals surface area contributed by atoms with Crippen LogP contribution in [0.2, 0.25) is 0 Å². The van der Waals surface area contributed by atoms with Crippen LogP contribution in [-0.4, -0.2) is 48.9 Å². The number of rotatable bonds is 11. The smallest absolute Gasteiger partial charge is 0.416 e. The van der Waals surface area contributed by atoms with E-state index < -0.39 is 17.6 Å². The Morgan fingerprint density at radius 3 is 2.56 bits per heavy atom. The number of hydrogen-bond acceptors (Lipinski definition) is 5. The summed E-state index contributed by atoms with van der Waals surface area (Å²) in [5.74, 6) is -0.118. The van der Waals surface area contributed by atoms with E-state index in [0.29, 0.717) is 34.0 Å². The van der Waals surface area contributed by atoms with E-state index in [1.165, 1.54) is 12.1 Å². The lowest BCUT2D eigenvalue weighted by molar-refractivity contribution is -0.137. The van der Waals surface area contributed by atoms with E-state index in [2.05, 4.69) is 32.4 Å². The number of nitrogens with one attached hydrogen (secondary N) is 4. The molecule has 11 heteroatoms. The Hall–Kier alpha value is -5.29. The molecule has 0 saturated heterocycles. The molecule has 0 atom stereocenters. The molecule has 3 aromatic carbocycles. The van der Waals surface area contributed by atoms with E-state index in [4.69, 9.17) is 4.74 Å². The molecule has 1 aliphatic rings. The van der Waals surface area contributed by atoms with Crippen LogP contribution in [0.15, 0.2) is 85.6 Å². The Balaban J connectivity index is 1.24. The lowest BCUT2D eigenvalue weighted by Crippen LogP contribution is -2.20. The number of hydrogen-bond donors (Lipinski definition) is 4. The highest BCUT2D eigenvalue weighted by atomic mass is 19.4. The van der Waals surface area contributed by atoms with E-state index >= 15 is 0 Å². The van der Waals surface area contributed by atoms with Gasteiger partial charge < -0.3 is 30.6 Å². The van der Waals surface area contributed by atoms with Gasteiger partial charge >= 0.3 is 6.18 Å². The average molecular weight is 616 g/mol. The van der Waals surface area contributed by atoms with Crippen molar-refractivity contribution in [2.45, 2.75) is 12.6 Å². The van der Waals surface area contributed by atoms with Crippen LogP contribution in [0.25, 0.3) is 17.3 Å². The molecular weight excluding hydrogens is 583 g/mol. The SMILES string of the molecule is C=C(NCCCN(C)C)c1c[nH]c(/C=C2\C(=O)Nc3cc(Oc4cccc(NC(=O)c5cccc(C(F)(F)F)c5)c4)ccc32)c1. The Morgan fingerprint density at radius 2 is 1.78 bits per heavy atom. The highest BCUT2D eigenvalue weighted by Gasteiger charge is 2.31. The molecule has 0 unspecified atom stereocenters. The summed E-state index contributed by atoms with van der Waals surface area (Å²) in [5.41, 5.74) is 3.55. The van der Waals surface area contributed by atoms with Crippen molar-refractivity contribution in [1.29, 1.82) is 0 Å². The van der Waals surface area contributed by atoms with Crippen LogP contribution in [0.3, 0.4) is 0 Å². The summed E-state index contributed by atoms with van der Waals surface area (Å²) in [7, 11) is 4.07. The molecule has 0 radical (unpaired) electrons. The Kier molecular flexibility index (Phi) is 9.10. The van der Waals surface area contributed by atoms with Crippen molar-refractivity contribution in [2.24, 2.45) is 0 Å². The van der Waals surface area contributed by atoms with Gasteiger partial charge in [0.15, 0.2) is 0 Å². The van der Waals surface area contributed by atoms with Crippen molar-refractivity contribution in [1.82, 2.24) is 15.2 Å². The van der Waals surface area contributed by atoms with Gasteiger partial charge in [0.1, 0.15) is 11.5 Å². The van der Waals surface area contributed by atoms with Gasteiger partial charge in [0.05, 0.1) is 16.8 Å². The van der Waals surface area contributed by atoms with E-state index in [0.717, 1.165) is 48.6 Å². The summed E-state index contributed by atoms with van der Waals surface area (Å²) < 4.78 is 45.1. The van der Waals surface area contributed by atoms with Crippen LogP contribution in [0.4, 0.5) is 24.5 Å². The maximum Gasteiger partial charge on any atom is 0.416 e. The van der Waals surface area contributed by atoms with Crippen LogP contribution >= 0.6 is 0 Å². The molecule has 0 fully saturated rings. The number of anilines is 2. The van der Waals surface area contributed by atoms with Crippen LogP contribution in [0.1, 0.15) is 39.2 Å². The number of fused-ring (bicyclic) bond motifs is 1. The Bertz CT molecular complexity index is 1770. The van der Waals surface area contributed by atoms with Crippen molar-refractivity contribution in [3.05, 3.63) is 114 Å². The molecule has 0 aliphatic carbocycles. The monoisotopic (exact) mass is 615 g/mol. The van der Waals surface area contributed by atoms with Gasteiger partial charge in [0, 0.05) is 58.6 Å². The molecule has 0 saturated carbocycles. The molecule has 4 N–H and O–H groups in total. The van der Waals surface area contributed by atoms with Crippen LogP contribution in [-0.2, 0) is 11.0 Å². The number of amides is 2. The minimum atomic E-state index is -4.56. The first-order valence-electron chi connectivity index (χ1n) is 14.2. The normalized spacial score (nSPS) is 13.5. The van der Waals surface area contributed by atoms with E-state index in [-0.39, 0.29) is 11.5 Å². The van der Waals surface area contributed by atoms with Crippen molar-refractivity contribution < 1.29 is 27.5 Å². The number of benzene rings is 3. The second-order valence-electron chi connectivity index (χ2n) is 10.8. The van der Waals surface area contributed by atoms with E-state index in [9.17, 15) is 22.8 Å². The van der Waals surface area contributed by atoms with Crippen molar-refractivity contribution in [3.63, 3.8) is 0 Å². The van der Waals surface area contributed by atoms with Gasteiger partial charge in [0.25, 0.3) is 11.8 Å². The first-order chi connectivity index (χ1) is 21.5. The summed E-state index contributed by atoms with van der Waals surface area (Å²) in [6.45, 7) is 5.89. The average Bonchev–Trinajstić information content (AvgIpc) is 3.59. The first-order valence-corrected chi connectivity index (χ1v) is 14.2. The van der Waals surface area contributed by atoms with E-state index in [1.54, 1.807) is 48.5 Å². The molecule has 5 rings (SSSR count). The van der Waals surface area contributed by atoms with Crippen LogP contribution < -0.4 is 20.7 Å². The number of H-pyrrole nitrogens is 1. The van der Waals surface area contributed by atoms with E-state index in [1.807, 2.05) is 26.4 Å². The molecule has 0 bridgehead atoms. The number of aromatic amines is 1. The zero-order valence-electron chi connectivity index (χ0n) is 24.7. The molecule has 1 aromatic heterocycles. The fourth-order valence-corrected chi connectivity index (χ4v) is 4.76. The number of ether oxygens (including phenoxy) is 1. The highest BCUT2D eigenvalue weighted by Crippen LogP contribution is 2.37. The second kappa shape index (κ2) is 13.1. The topological polar surface area (TPSA) is 98.5 Å². The van der Waals surface area contributed by atoms with Crippen molar-refractivity contribution >= 4 is 40.5 Å². The van der Waals surface area contributed by atoms with Crippen molar-refractivity contribution in [3.8, 4) is 11.5 Å². The number of carbonyl (C=O) groups excluding carboxylic acids is 2. The van der Waals surface area contributed by atoms with Crippen LogP contribution in [0, 0.1) is 0 Å². The van der Waals surface area contributed by atoms with Gasteiger partial charge in [-0.25, -0.2) is 0 Å². The maximum atomic E-state index is 13.0. The molecule has 2 amide bonds. The summed E-state index contributed by atoms with van der Waals surface area (Å²) in [6.07, 6.45) is 0.0525.